The van der Waals surface area contributed by atoms with E-state index in [0.717, 1.165) is 70.8 Å². The first kappa shape index (κ1) is 21.3. The molecular formula is C22H24BrN5OS2. The highest BCUT2D eigenvalue weighted by Gasteiger charge is 2.25. The summed E-state index contributed by atoms with van der Waals surface area (Å²) in [5, 5.41) is 3.75. The van der Waals surface area contributed by atoms with Gasteiger partial charge in [0.2, 0.25) is 0 Å². The summed E-state index contributed by atoms with van der Waals surface area (Å²) in [6.45, 7) is 5.68. The molecule has 0 saturated carbocycles. The molecule has 2 aliphatic rings. The average Bonchev–Trinajstić information content (AvgIpc) is 3.41. The topological polar surface area (TPSA) is 56.8 Å². The van der Waals surface area contributed by atoms with Crippen molar-refractivity contribution >= 4 is 61.3 Å². The SMILES string of the molecule is CN(Sc1ccccn1)c1cc(Br)cc2cc(C3=NCC(CN4CCOCC4)S3)[nH]c12. The molecule has 31 heavy (non-hydrogen) atoms. The van der Waals surface area contributed by atoms with Crippen LogP contribution in [0.4, 0.5) is 5.69 Å². The quantitative estimate of drug-likeness (QED) is 0.479. The molecule has 0 spiro atoms. The molecule has 2 aliphatic heterocycles. The van der Waals surface area contributed by atoms with Crippen molar-refractivity contribution in [3.8, 4) is 0 Å². The van der Waals surface area contributed by atoms with Gasteiger partial charge in [-0.2, -0.15) is 0 Å². The Hall–Kier alpha value is -1.52. The van der Waals surface area contributed by atoms with E-state index in [0.29, 0.717) is 5.25 Å². The summed E-state index contributed by atoms with van der Waals surface area (Å²) in [7, 11) is 2.07. The molecule has 0 aliphatic carbocycles. The Morgan fingerprint density at radius 2 is 2.16 bits per heavy atom. The van der Waals surface area contributed by atoms with E-state index < -0.39 is 0 Å². The number of H-pyrrole nitrogens is 1. The number of rotatable bonds is 6. The number of benzene rings is 1. The van der Waals surface area contributed by atoms with Crippen LogP contribution in [-0.2, 0) is 4.74 Å². The highest BCUT2D eigenvalue weighted by molar-refractivity contribution is 9.10. The van der Waals surface area contributed by atoms with E-state index in [1.54, 1.807) is 11.9 Å². The number of aromatic amines is 1. The summed E-state index contributed by atoms with van der Waals surface area (Å²) >= 11 is 7.18. The number of pyridine rings is 1. The summed E-state index contributed by atoms with van der Waals surface area (Å²) in [5.74, 6) is 0. The fourth-order valence-corrected chi connectivity index (χ4v) is 6.25. The molecule has 6 nitrogen and oxygen atoms in total. The molecule has 3 aromatic rings. The maximum Gasteiger partial charge on any atom is 0.117 e. The van der Waals surface area contributed by atoms with Gasteiger partial charge in [0.05, 0.1) is 36.7 Å². The first-order chi connectivity index (χ1) is 15.2. The zero-order valence-corrected chi connectivity index (χ0v) is 20.5. The number of hydrogen-bond donors (Lipinski definition) is 1. The number of hydrogen-bond acceptors (Lipinski definition) is 7. The lowest BCUT2D eigenvalue weighted by Crippen LogP contribution is -2.40. The minimum atomic E-state index is 0.508. The number of nitrogens with zero attached hydrogens (tertiary/aromatic N) is 4. The standard InChI is InChI=1S/C22H24BrN5OS2/c1-27(31-20-4-2-3-5-24-20)19-12-16(23)10-15-11-18(26-21(15)19)22-25-13-17(30-22)14-28-6-8-29-9-7-28/h2-5,10-12,17,26H,6-9,13-14H2,1H3. The summed E-state index contributed by atoms with van der Waals surface area (Å²) in [5.41, 5.74) is 3.32. The highest BCUT2D eigenvalue weighted by Crippen LogP contribution is 2.36. The number of nitrogens with one attached hydrogen (secondary N) is 1. The largest absolute Gasteiger partial charge is 0.379 e. The Labute approximate surface area is 199 Å². The Morgan fingerprint density at radius 1 is 1.29 bits per heavy atom. The number of aromatic nitrogens is 2. The lowest BCUT2D eigenvalue weighted by Gasteiger charge is -2.28. The molecule has 1 saturated heterocycles. The molecule has 162 valence electrons. The van der Waals surface area contributed by atoms with Crippen LogP contribution in [0.5, 0.6) is 0 Å². The summed E-state index contributed by atoms with van der Waals surface area (Å²) < 4.78 is 8.68. The number of morpholine rings is 1. The number of ether oxygens (including phenoxy) is 1. The smallest absolute Gasteiger partial charge is 0.117 e. The van der Waals surface area contributed by atoms with Crippen LogP contribution in [0.15, 0.2) is 57.1 Å². The predicted molar refractivity (Wildman–Crippen MR) is 135 cm³/mol. The van der Waals surface area contributed by atoms with E-state index in [1.165, 1.54) is 5.39 Å². The molecule has 1 aromatic carbocycles. The van der Waals surface area contributed by atoms with Gasteiger partial charge in [0, 0.05) is 59.9 Å². The molecule has 0 amide bonds. The number of halogens is 1. The molecule has 9 heteroatoms. The van der Waals surface area contributed by atoms with Gasteiger partial charge in [-0.3, -0.25) is 9.89 Å². The van der Waals surface area contributed by atoms with Crippen molar-refractivity contribution in [1.29, 1.82) is 0 Å². The molecule has 4 heterocycles. The number of anilines is 1. The van der Waals surface area contributed by atoms with Crippen molar-refractivity contribution in [1.82, 2.24) is 14.9 Å². The van der Waals surface area contributed by atoms with Gasteiger partial charge in [0.1, 0.15) is 10.1 Å². The normalized spacial score (nSPS) is 19.7. The van der Waals surface area contributed by atoms with Gasteiger partial charge >= 0.3 is 0 Å². The van der Waals surface area contributed by atoms with E-state index in [2.05, 4.69) is 60.3 Å². The summed E-state index contributed by atoms with van der Waals surface area (Å²) in [4.78, 5) is 15.4. The second-order valence-electron chi connectivity index (χ2n) is 7.63. The van der Waals surface area contributed by atoms with Crippen LogP contribution in [0.1, 0.15) is 5.69 Å². The van der Waals surface area contributed by atoms with Crippen molar-refractivity contribution in [2.75, 3.05) is 50.7 Å². The van der Waals surface area contributed by atoms with E-state index in [4.69, 9.17) is 9.73 Å². The molecule has 1 atom stereocenters. The Morgan fingerprint density at radius 3 is 2.97 bits per heavy atom. The second-order valence-corrected chi connectivity index (χ2v) is 11.0. The van der Waals surface area contributed by atoms with E-state index in [9.17, 15) is 0 Å². The molecule has 1 fully saturated rings. The monoisotopic (exact) mass is 517 g/mol. The first-order valence-electron chi connectivity index (χ1n) is 10.3. The first-order valence-corrected chi connectivity index (χ1v) is 12.8. The Balaban J connectivity index is 1.34. The fraction of sp³-hybridized carbons (Fsp3) is 0.364. The van der Waals surface area contributed by atoms with Gasteiger partial charge in [-0.15, -0.1) is 0 Å². The number of fused-ring (bicyclic) bond motifs is 1. The van der Waals surface area contributed by atoms with Gasteiger partial charge < -0.3 is 14.0 Å². The number of thioether (sulfide) groups is 1. The van der Waals surface area contributed by atoms with Gasteiger partial charge in [-0.05, 0) is 30.3 Å². The van der Waals surface area contributed by atoms with Crippen molar-refractivity contribution in [2.24, 2.45) is 4.99 Å². The third-order valence-corrected chi connectivity index (χ3v) is 7.95. The second kappa shape index (κ2) is 9.54. The van der Waals surface area contributed by atoms with Crippen LogP contribution in [0.25, 0.3) is 10.9 Å². The fourth-order valence-electron chi connectivity index (χ4n) is 3.88. The van der Waals surface area contributed by atoms with Gasteiger partial charge in [-0.25, -0.2) is 4.98 Å². The Bertz CT molecular complexity index is 1080. The van der Waals surface area contributed by atoms with Crippen LogP contribution in [-0.4, -0.2) is 71.6 Å². The van der Waals surface area contributed by atoms with Crippen molar-refractivity contribution in [2.45, 2.75) is 10.3 Å². The molecule has 1 unspecified atom stereocenters. The lowest BCUT2D eigenvalue weighted by molar-refractivity contribution is 0.0385. The van der Waals surface area contributed by atoms with E-state index >= 15 is 0 Å². The molecule has 5 rings (SSSR count). The third-order valence-electron chi connectivity index (χ3n) is 5.39. The average molecular weight is 519 g/mol. The van der Waals surface area contributed by atoms with Crippen molar-refractivity contribution < 1.29 is 4.74 Å². The van der Waals surface area contributed by atoms with Crippen LogP contribution in [0.2, 0.25) is 0 Å². The lowest BCUT2D eigenvalue weighted by atomic mass is 10.2. The molecule has 2 aromatic heterocycles. The van der Waals surface area contributed by atoms with Gasteiger partial charge in [0.15, 0.2) is 0 Å². The maximum atomic E-state index is 5.47. The Kier molecular flexibility index (Phi) is 6.56. The van der Waals surface area contributed by atoms with Crippen LogP contribution < -0.4 is 4.31 Å². The van der Waals surface area contributed by atoms with Crippen LogP contribution in [0, 0.1) is 0 Å². The molecule has 0 bridgehead atoms. The van der Waals surface area contributed by atoms with Crippen molar-refractivity contribution in [3.63, 3.8) is 0 Å². The minimum absolute atomic E-state index is 0.508. The van der Waals surface area contributed by atoms with Gasteiger partial charge in [0.25, 0.3) is 0 Å². The van der Waals surface area contributed by atoms with Crippen LogP contribution in [0.3, 0.4) is 0 Å². The summed E-state index contributed by atoms with van der Waals surface area (Å²) in [6.07, 6.45) is 1.82. The van der Waals surface area contributed by atoms with E-state index in [-0.39, 0.29) is 0 Å². The van der Waals surface area contributed by atoms with Crippen LogP contribution >= 0.6 is 39.6 Å². The maximum absolute atomic E-state index is 5.47. The summed E-state index contributed by atoms with van der Waals surface area (Å²) in [6, 6.07) is 12.5. The van der Waals surface area contributed by atoms with Crippen molar-refractivity contribution in [3.05, 3.63) is 52.8 Å². The van der Waals surface area contributed by atoms with E-state index in [1.807, 2.05) is 36.2 Å². The predicted octanol–water partition coefficient (Wildman–Crippen LogP) is 4.66. The van der Waals surface area contributed by atoms with Gasteiger partial charge in [-0.1, -0.05) is 33.8 Å². The molecule has 0 radical (unpaired) electrons. The minimum Gasteiger partial charge on any atom is -0.379 e. The molecular weight excluding hydrogens is 494 g/mol. The zero-order chi connectivity index (χ0) is 21.2. The third kappa shape index (κ3) is 4.96. The molecule has 1 N–H and O–H groups in total. The number of aliphatic imine (C=N–C) groups is 1. The highest BCUT2D eigenvalue weighted by atomic mass is 79.9. The zero-order valence-electron chi connectivity index (χ0n) is 17.3.